The van der Waals surface area contributed by atoms with E-state index in [-0.39, 0.29) is 11.3 Å². The summed E-state index contributed by atoms with van der Waals surface area (Å²) in [6, 6.07) is 7.46. The Hall–Kier alpha value is -2.34. The van der Waals surface area contributed by atoms with Crippen molar-refractivity contribution >= 4 is 39.9 Å². The maximum absolute atomic E-state index is 14.2. The molecule has 2 aromatic carbocycles. The molecule has 0 radical (unpaired) electrons. The van der Waals surface area contributed by atoms with Crippen LogP contribution < -0.4 is 10.8 Å². The van der Waals surface area contributed by atoms with E-state index in [1.807, 2.05) is 19.1 Å². The first-order valence-electron chi connectivity index (χ1n) is 6.83. The lowest BCUT2D eigenvalue weighted by atomic mass is 10.1. The van der Waals surface area contributed by atoms with Gasteiger partial charge in [-0.05, 0) is 65.4 Å². The van der Waals surface area contributed by atoms with Gasteiger partial charge in [-0.2, -0.15) is 5.48 Å². The van der Waals surface area contributed by atoms with E-state index in [2.05, 4.69) is 50.3 Å². The van der Waals surface area contributed by atoms with E-state index in [1.165, 1.54) is 13.0 Å². The molecule has 0 bridgehead atoms. The van der Waals surface area contributed by atoms with Crippen molar-refractivity contribution in [3.8, 4) is 12.0 Å². The highest BCUT2D eigenvalue weighted by Gasteiger charge is 2.20. The van der Waals surface area contributed by atoms with Crippen molar-refractivity contribution in [2.45, 2.75) is 13.8 Å². The van der Waals surface area contributed by atoms with Gasteiger partial charge in [0.05, 0.1) is 11.3 Å². The van der Waals surface area contributed by atoms with Crippen LogP contribution in [0.25, 0.3) is 0 Å². The van der Waals surface area contributed by atoms with Crippen molar-refractivity contribution in [2.75, 3.05) is 5.32 Å². The second-order valence-electron chi connectivity index (χ2n) is 4.75. The second-order valence-corrected chi connectivity index (χ2v) is 6.00. The molecule has 0 atom stereocenters. The number of halogens is 3. The molecule has 0 spiro atoms. The van der Waals surface area contributed by atoms with E-state index < -0.39 is 17.5 Å². The van der Waals surface area contributed by atoms with Crippen LogP contribution in [-0.2, 0) is 4.84 Å². The molecule has 0 aliphatic heterocycles. The van der Waals surface area contributed by atoms with Crippen LogP contribution >= 0.6 is 22.6 Å². The Morgan fingerprint density at radius 3 is 2.67 bits per heavy atom. The summed E-state index contributed by atoms with van der Waals surface area (Å²) in [4.78, 5) is 16.7. The Morgan fingerprint density at radius 2 is 2.00 bits per heavy atom. The van der Waals surface area contributed by atoms with Gasteiger partial charge in [-0.3, -0.25) is 4.79 Å². The van der Waals surface area contributed by atoms with Crippen LogP contribution in [0.1, 0.15) is 22.8 Å². The first kappa shape index (κ1) is 18.0. The molecule has 2 rings (SSSR count). The number of amides is 1. The van der Waals surface area contributed by atoms with Crippen LogP contribution in [0.4, 0.5) is 20.2 Å². The summed E-state index contributed by atoms with van der Waals surface area (Å²) in [6.07, 6.45) is 2.19. The number of hydroxylamine groups is 1. The van der Waals surface area contributed by atoms with Gasteiger partial charge in [-0.1, -0.05) is 5.92 Å². The van der Waals surface area contributed by atoms with Crippen LogP contribution in [0, 0.1) is 34.2 Å². The van der Waals surface area contributed by atoms with E-state index in [9.17, 15) is 13.6 Å². The fourth-order valence-electron chi connectivity index (χ4n) is 1.94. The lowest BCUT2D eigenvalue weighted by molar-refractivity contribution is 0.0700. The molecule has 0 aromatic heterocycles. The summed E-state index contributed by atoms with van der Waals surface area (Å²) in [7, 11) is 0. The summed E-state index contributed by atoms with van der Waals surface area (Å²) in [6.45, 7) is 3.34. The summed E-state index contributed by atoms with van der Waals surface area (Å²) in [5.74, 6) is -0.537. The van der Waals surface area contributed by atoms with E-state index in [1.54, 1.807) is 6.07 Å². The van der Waals surface area contributed by atoms with Crippen molar-refractivity contribution in [2.24, 2.45) is 0 Å². The Kier molecular flexibility index (Phi) is 5.98. The molecule has 7 heteroatoms. The molecule has 2 aromatic rings. The first-order chi connectivity index (χ1) is 11.4. The first-order valence-corrected chi connectivity index (χ1v) is 7.91. The number of carbonyl (C=O) groups excluding carboxylic acids is 1. The monoisotopic (exact) mass is 442 g/mol. The zero-order valence-electron chi connectivity index (χ0n) is 12.8. The van der Waals surface area contributed by atoms with Crippen molar-refractivity contribution in [1.29, 1.82) is 0 Å². The van der Waals surface area contributed by atoms with Crippen LogP contribution in [-0.4, -0.2) is 5.91 Å². The van der Waals surface area contributed by atoms with Crippen LogP contribution in [0.5, 0.6) is 0 Å². The average molecular weight is 442 g/mol. The quantitative estimate of drug-likeness (QED) is 0.423. The summed E-state index contributed by atoms with van der Waals surface area (Å²) in [5.41, 5.74) is 3.06. The summed E-state index contributed by atoms with van der Waals surface area (Å²) < 4.78 is 28.8. The van der Waals surface area contributed by atoms with E-state index >= 15 is 0 Å². The number of nitrogens with one attached hydrogen (secondary N) is 2. The molecule has 4 nitrogen and oxygen atoms in total. The Balaban J connectivity index is 2.41. The molecule has 2 N–H and O–H groups in total. The number of aryl methyl sites for hydroxylation is 1. The topological polar surface area (TPSA) is 50.4 Å². The van der Waals surface area contributed by atoms with Gasteiger partial charge in [-0.15, -0.1) is 0 Å². The van der Waals surface area contributed by atoms with Crippen molar-refractivity contribution in [3.63, 3.8) is 0 Å². The number of hydrogen-bond donors (Lipinski definition) is 2. The number of benzene rings is 2. The number of rotatable bonds is 4. The zero-order chi connectivity index (χ0) is 17.7. The van der Waals surface area contributed by atoms with Crippen molar-refractivity contribution in [1.82, 2.24) is 5.48 Å². The molecule has 0 fully saturated rings. The molecule has 0 heterocycles. The molecule has 0 aliphatic rings. The minimum atomic E-state index is -1.15. The largest absolute Gasteiger partial charge is 0.352 e. The summed E-state index contributed by atoms with van der Waals surface area (Å²) in [5, 5.41) is 2.78. The molecule has 0 saturated heterocycles. The third-order valence-electron chi connectivity index (χ3n) is 3.08. The van der Waals surface area contributed by atoms with Crippen molar-refractivity contribution < 1.29 is 18.4 Å². The fraction of sp³-hybridized carbons (Fsp3) is 0.118. The molecular weight excluding hydrogens is 429 g/mol. The minimum absolute atomic E-state index is 0.107. The second kappa shape index (κ2) is 7.97. The average Bonchev–Trinajstić information content (AvgIpc) is 2.54. The number of carbonyl (C=O) groups is 1. The number of anilines is 2. The Bertz CT molecular complexity index is 844. The molecule has 0 saturated carbocycles. The van der Waals surface area contributed by atoms with E-state index in [0.717, 1.165) is 15.2 Å². The van der Waals surface area contributed by atoms with Gasteiger partial charge < -0.3 is 10.2 Å². The minimum Gasteiger partial charge on any atom is -0.352 e. The molecular formula is C17H13F2IN2O2. The van der Waals surface area contributed by atoms with E-state index in [0.29, 0.717) is 5.69 Å². The number of hydrogen-bond acceptors (Lipinski definition) is 3. The third kappa shape index (κ3) is 4.14. The zero-order valence-corrected chi connectivity index (χ0v) is 15.0. The van der Waals surface area contributed by atoms with Gasteiger partial charge >= 0.3 is 0 Å². The molecule has 0 unspecified atom stereocenters. The standard InChI is InChI=1S/C17H13F2IN2O2/c1-3-8-24-22-17(23)12-5-6-13(18)15(19)16(12)21-14-7-4-11(20)9-10(14)2/h4-7,9,21H,1-2H3,(H,22,23). The van der Waals surface area contributed by atoms with Gasteiger partial charge in [0, 0.05) is 16.2 Å². The molecule has 0 aliphatic carbocycles. The highest BCUT2D eigenvalue weighted by molar-refractivity contribution is 14.1. The Morgan fingerprint density at radius 1 is 1.25 bits per heavy atom. The molecule has 1 amide bonds. The predicted molar refractivity (Wildman–Crippen MR) is 95.5 cm³/mol. The highest BCUT2D eigenvalue weighted by atomic mass is 127. The highest BCUT2D eigenvalue weighted by Crippen LogP contribution is 2.28. The van der Waals surface area contributed by atoms with Crippen LogP contribution in [0.15, 0.2) is 30.3 Å². The molecule has 24 heavy (non-hydrogen) atoms. The maximum atomic E-state index is 14.2. The predicted octanol–water partition coefficient (Wildman–Crippen LogP) is 4.26. The smallest absolute Gasteiger partial charge is 0.286 e. The van der Waals surface area contributed by atoms with Gasteiger partial charge in [0.2, 0.25) is 0 Å². The molecule has 124 valence electrons. The SMILES string of the molecule is CC#CONC(=O)c1ccc(F)c(F)c1Nc1ccc(I)cc1C. The van der Waals surface area contributed by atoms with Gasteiger partial charge in [0.25, 0.3) is 5.91 Å². The maximum Gasteiger partial charge on any atom is 0.286 e. The van der Waals surface area contributed by atoms with E-state index in [4.69, 9.17) is 0 Å². The lowest BCUT2D eigenvalue weighted by Crippen LogP contribution is -2.23. The summed E-state index contributed by atoms with van der Waals surface area (Å²) >= 11 is 2.15. The van der Waals surface area contributed by atoms with Crippen LogP contribution in [0.3, 0.4) is 0 Å². The van der Waals surface area contributed by atoms with Gasteiger partial charge in [-0.25, -0.2) is 8.78 Å². The third-order valence-corrected chi connectivity index (χ3v) is 3.76. The fourth-order valence-corrected chi connectivity index (χ4v) is 2.59. The van der Waals surface area contributed by atoms with Crippen molar-refractivity contribution in [3.05, 3.63) is 56.7 Å². The van der Waals surface area contributed by atoms with Gasteiger partial charge in [0.15, 0.2) is 11.6 Å². The van der Waals surface area contributed by atoms with Crippen LogP contribution in [0.2, 0.25) is 0 Å². The Labute approximate surface area is 151 Å². The van der Waals surface area contributed by atoms with Gasteiger partial charge in [0.1, 0.15) is 6.11 Å². The normalized spacial score (nSPS) is 9.71. The lowest BCUT2D eigenvalue weighted by Gasteiger charge is -2.15.